The standard InChI is InChI=1S/C9H11F2NO2/c1-14-9-6(10)4-5(2-3-12)8(13)7(9)11/h4,13H,2-3,12H2,1H3. The third kappa shape index (κ3) is 1.77. The fourth-order valence-electron chi connectivity index (χ4n) is 1.17. The van der Waals surface area contributed by atoms with Gasteiger partial charge >= 0.3 is 0 Å². The van der Waals surface area contributed by atoms with Crippen molar-refractivity contribution in [2.24, 2.45) is 5.73 Å². The summed E-state index contributed by atoms with van der Waals surface area (Å²) >= 11 is 0. The molecule has 0 aliphatic heterocycles. The fourth-order valence-corrected chi connectivity index (χ4v) is 1.17. The van der Waals surface area contributed by atoms with E-state index in [1.165, 1.54) is 0 Å². The van der Waals surface area contributed by atoms with E-state index in [1.807, 2.05) is 0 Å². The van der Waals surface area contributed by atoms with Gasteiger partial charge in [0.1, 0.15) is 0 Å². The molecule has 0 aliphatic carbocycles. The van der Waals surface area contributed by atoms with Crippen LogP contribution in [0.25, 0.3) is 0 Å². The number of methoxy groups -OCH3 is 1. The SMILES string of the molecule is COc1c(F)cc(CCN)c(O)c1F. The van der Waals surface area contributed by atoms with Gasteiger partial charge in [0.15, 0.2) is 17.3 Å². The number of rotatable bonds is 3. The van der Waals surface area contributed by atoms with Gasteiger partial charge in [-0.1, -0.05) is 0 Å². The van der Waals surface area contributed by atoms with Gasteiger partial charge in [0, 0.05) is 5.56 Å². The van der Waals surface area contributed by atoms with Crippen molar-refractivity contribution in [2.45, 2.75) is 6.42 Å². The maximum absolute atomic E-state index is 13.2. The minimum absolute atomic E-state index is 0.142. The molecule has 1 rings (SSSR count). The molecule has 0 saturated carbocycles. The molecular formula is C9H11F2NO2. The van der Waals surface area contributed by atoms with Crippen LogP contribution < -0.4 is 10.5 Å². The van der Waals surface area contributed by atoms with Gasteiger partial charge in [0.05, 0.1) is 7.11 Å². The molecule has 78 valence electrons. The highest BCUT2D eigenvalue weighted by molar-refractivity contribution is 5.43. The fraction of sp³-hybridized carbons (Fsp3) is 0.333. The molecule has 14 heavy (non-hydrogen) atoms. The van der Waals surface area contributed by atoms with Gasteiger partial charge in [-0.3, -0.25) is 0 Å². The Morgan fingerprint density at radius 3 is 2.64 bits per heavy atom. The predicted molar refractivity (Wildman–Crippen MR) is 47.3 cm³/mol. The first kappa shape index (κ1) is 10.7. The lowest BCUT2D eigenvalue weighted by Crippen LogP contribution is -2.05. The van der Waals surface area contributed by atoms with Gasteiger partial charge < -0.3 is 15.6 Å². The average Bonchev–Trinajstić information content (AvgIpc) is 2.15. The molecule has 3 nitrogen and oxygen atoms in total. The normalized spacial score (nSPS) is 10.3. The van der Waals surface area contributed by atoms with Crippen LogP contribution in [0.15, 0.2) is 6.07 Å². The lowest BCUT2D eigenvalue weighted by Gasteiger charge is -2.09. The monoisotopic (exact) mass is 203 g/mol. The number of halogens is 2. The average molecular weight is 203 g/mol. The summed E-state index contributed by atoms with van der Waals surface area (Å²) in [6.07, 6.45) is 0.212. The van der Waals surface area contributed by atoms with E-state index in [-0.39, 0.29) is 18.5 Å². The summed E-state index contributed by atoms with van der Waals surface area (Å²) < 4.78 is 30.7. The maximum atomic E-state index is 13.2. The molecular weight excluding hydrogens is 192 g/mol. The molecule has 0 bridgehead atoms. The minimum atomic E-state index is -1.09. The number of ether oxygens (including phenoxy) is 1. The second-order valence-corrected chi connectivity index (χ2v) is 2.75. The van der Waals surface area contributed by atoms with E-state index in [0.717, 1.165) is 13.2 Å². The molecule has 0 radical (unpaired) electrons. The summed E-state index contributed by atoms with van der Waals surface area (Å²) in [5, 5.41) is 9.29. The Kier molecular flexibility index (Phi) is 3.24. The van der Waals surface area contributed by atoms with Crippen LogP contribution in [-0.2, 0) is 6.42 Å². The van der Waals surface area contributed by atoms with E-state index < -0.39 is 23.1 Å². The van der Waals surface area contributed by atoms with E-state index >= 15 is 0 Å². The minimum Gasteiger partial charge on any atom is -0.505 e. The Balaban J connectivity index is 3.25. The zero-order valence-corrected chi connectivity index (χ0v) is 7.68. The Labute approximate surface area is 80.1 Å². The molecule has 0 unspecified atom stereocenters. The first-order valence-corrected chi connectivity index (χ1v) is 4.05. The topological polar surface area (TPSA) is 55.5 Å². The Morgan fingerprint density at radius 1 is 1.50 bits per heavy atom. The van der Waals surface area contributed by atoms with Crippen molar-refractivity contribution in [3.8, 4) is 11.5 Å². The van der Waals surface area contributed by atoms with Gasteiger partial charge in [-0.15, -0.1) is 0 Å². The van der Waals surface area contributed by atoms with Crippen molar-refractivity contribution in [1.82, 2.24) is 0 Å². The summed E-state index contributed by atoms with van der Waals surface area (Å²) in [5.74, 6) is -3.11. The summed E-state index contributed by atoms with van der Waals surface area (Å²) in [6.45, 7) is 0.207. The van der Waals surface area contributed by atoms with Crippen molar-refractivity contribution < 1.29 is 18.6 Å². The summed E-state index contributed by atoms with van der Waals surface area (Å²) in [6, 6.07) is 1.02. The van der Waals surface area contributed by atoms with Gasteiger partial charge in [0.2, 0.25) is 5.82 Å². The lowest BCUT2D eigenvalue weighted by atomic mass is 10.1. The summed E-state index contributed by atoms with van der Waals surface area (Å²) in [4.78, 5) is 0. The first-order chi connectivity index (χ1) is 6.61. The predicted octanol–water partition coefficient (Wildman–Crippen LogP) is 1.18. The van der Waals surface area contributed by atoms with Crippen molar-refractivity contribution in [1.29, 1.82) is 0 Å². The lowest BCUT2D eigenvalue weighted by molar-refractivity contribution is 0.340. The Hall–Kier alpha value is -1.36. The van der Waals surface area contributed by atoms with E-state index in [0.29, 0.717) is 0 Å². The molecule has 5 heteroatoms. The molecule has 0 heterocycles. The van der Waals surface area contributed by atoms with Gasteiger partial charge in [-0.2, -0.15) is 4.39 Å². The van der Waals surface area contributed by atoms with E-state index in [2.05, 4.69) is 4.74 Å². The Bertz CT molecular complexity index is 342. The van der Waals surface area contributed by atoms with Crippen LogP contribution in [0.2, 0.25) is 0 Å². The van der Waals surface area contributed by atoms with Crippen LogP contribution in [0.5, 0.6) is 11.5 Å². The first-order valence-electron chi connectivity index (χ1n) is 4.05. The Morgan fingerprint density at radius 2 is 2.14 bits per heavy atom. The number of hydrogen-bond donors (Lipinski definition) is 2. The van der Waals surface area contributed by atoms with Crippen molar-refractivity contribution in [2.75, 3.05) is 13.7 Å². The number of phenols is 1. The summed E-state index contributed by atoms with van der Waals surface area (Å²) in [7, 11) is 1.13. The van der Waals surface area contributed by atoms with Crippen molar-refractivity contribution in [3.05, 3.63) is 23.3 Å². The van der Waals surface area contributed by atoms with E-state index in [4.69, 9.17) is 5.73 Å². The molecule has 0 spiro atoms. The quantitative estimate of drug-likeness (QED) is 0.775. The smallest absolute Gasteiger partial charge is 0.209 e. The molecule has 1 aromatic rings. The van der Waals surface area contributed by atoms with E-state index in [9.17, 15) is 13.9 Å². The molecule has 0 fully saturated rings. The molecule has 0 aliphatic rings. The van der Waals surface area contributed by atoms with E-state index in [1.54, 1.807) is 0 Å². The second-order valence-electron chi connectivity index (χ2n) is 2.75. The van der Waals surface area contributed by atoms with Crippen LogP contribution in [0.1, 0.15) is 5.56 Å². The molecule has 3 N–H and O–H groups in total. The highest BCUT2D eigenvalue weighted by Gasteiger charge is 2.17. The number of aromatic hydroxyl groups is 1. The highest BCUT2D eigenvalue weighted by atomic mass is 19.1. The van der Waals surface area contributed by atoms with Crippen molar-refractivity contribution >= 4 is 0 Å². The maximum Gasteiger partial charge on any atom is 0.209 e. The van der Waals surface area contributed by atoms with Crippen LogP contribution in [-0.4, -0.2) is 18.8 Å². The van der Waals surface area contributed by atoms with Gasteiger partial charge in [-0.05, 0) is 19.0 Å². The number of hydrogen-bond acceptors (Lipinski definition) is 3. The molecule has 1 aromatic carbocycles. The van der Waals surface area contributed by atoms with Crippen LogP contribution in [0.3, 0.4) is 0 Å². The number of benzene rings is 1. The van der Waals surface area contributed by atoms with Crippen LogP contribution in [0, 0.1) is 11.6 Å². The van der Waals surface area contributed by atoms with Gasteiger partial charge in [0.25, 0.3) is 0 Å². The third-order valence-corrected chi connectivity index (χ3v) is 1.85. The zero-order valence-electron chi connectivity index (χ0n) is 7.68. The third-order valence-electron chi connectivity index (χ3n) is 1.85. The van der Waals surface area contributed by atoms with Crippen LogP contribution in [0.4, 0.5) is 8.78 Å². The molecule has 0 atom stereocenters. The summed E-state index contributed by atoms with van der Waals surface area (Å²) in [5.41, 5.74) is 5.35. The highest BCUT2D eigenvalue weighted by Crippen LogP contribution is 2.32. The molecule has 0 aromatic heterocycles. The largest absolute Gasteiger partial charge is 0.505 e. The van der Waals surface area contributed by atoms with Crippen LogP contribution >= 0.6 is 0 Å². The molecule has 0 saturated heterocycles. The number of phenolic OH excluding ortho intramolecular Hbond substituents is 1. The van der Waals surface area contributed by atoms with Crippen molar-refractivity contribution in [3.63, 3.8) is 0 Å². The van der Waals surface area contributed by atoms with Gasteiger partial charge in [-0.25, -0.2) is 4.39 Å². The number of nitrogens with two attached hydrogens (primary N) is 1. The zero-order chi connectivity index (χ0) is 10.7. The molecule has 0 amide bonds. The second kappa shape index (κ2) is 4.23.